The summed E-state index contributed by atoms with van der Waals surface area (Å²) in [7, 11) is 0. The number of morpholine rings is 1. The number of nitrogens with zero attached hydrogens (tertiary/aromatic N) is 2. The number of rotatable bonds is 5. The number of hydrogen-bond acceptors (Lipinski definition) is 5. The lowest BCUT2D eigenvalue weighted by atomic mass is 10.1. The molecule has 30 heavy (non-hydrogen) atoms. The third kappa shape index (κ3) is 5.64. The van der Waals surface area contributed by atoms with Gasteiger partial charge in [0, 0.05) is 37.8 Å². The molecule has 1 fully saturated rings. The average molecular weight is 411 g/mol. The Morgan fingerprint density at radius 3 is 2.80 bits per heavy atom. The lowest BCUT2D eigenvalue weighted by molar-refractivity contribution is -0.0212. The molecule has 0 aromatic heterocycles. The van der Waals surface area contributed by atoms with Crippen LogP contribution >= 0.6 is 0 Å². The molecule has 1 atom stereocenters. The van der Waals surface area contributed by atoms with Crippen molar-refractivity contribution in [3.63, 3.8) is 0 Å². The van der Waals surface area contributed by atoms with E-state index in [0.717, 1.165) is 55.4 Å². The van der Waals surface area contributed by atoms with Gasteiger partial charge in [-0.15, -0.1) is 0 Å². The number of fused-ring (bicyclic) bond motifs is 1. The van der Waals surface area contributed by atoms with Crippen molar-refractivity contribution in [2.75, 3.05) is 38.2 Å². The Hall–Kier alpha value is -2.77. The van der Waals surface area contributed by atoms with Crippen molar-refractivity contribution in [2.24, 2.45) is 10.7 Å². The number of hydrogen-bond donors (Lipinski definition) is 2. The van der Waals surface area contributed by atoms with Crippen molar-refractivity contribution < 1.29 is 14.2 Å². The van der Waals surface area contributed by atoms with Gasteiger partial charge >= 0.3 is 0 Å². The van der Waals surface area contributed by atoms with Crippen LogP contribution in [-0.2, 0) is 17.8 Å². The van der Waals surface area contributed by atoms with E-state index in [1.807, 2.05) is 18.2 Å². The summed E-state index contributed by atoms with van der Waals surface area (Å²) in [6, 6.07) is 14.2. The third-order valence-corrected chi connectivity index (χ3v) is 5.17. The number of guanidine groups is 1. The van der Waals surface area contributed by atoms with Crippen LogP contribution in [0.2, 0.25) is 0 Å². The normalized spacial score (nSPS) is 19.9. The second kappa shape index (κ2) is 9.82. The number of benzene rings is 2. The predicted molar refractivity (Wildman–Crippen MR) is 118 cm³/mol. The van der Waals surface area contributed by atoms with Crippen molar-refractivity contribution in [3.8, 4) is 11.5 Å². The first-order valence-corrected chi connectivity index (χ1v) is 10.5. The van der Waals surface area contributed by atoms with Crippen LogP contribution in [0.15, 0.2) is 47.5 Å². The summed E-state index contributed by atoms with van der Waals surface area (Å²) >= 11 is 0. The monoisotopic (exact) mass is 410 g/mol. The maximum atomic E-state index is 6.11. The van der Waals surface area contributed by atoms with Gasteiger partial charge in [-0.1, -0.05) is 24.3 Å². The van der Waals surface area contributed by atoms with Crippen LogP contribution in [0.3, 0.4) is 0 Å². The van der Waals surface area contributed by atoms with Crippen LogP contribution in [0.1, 0.15) is 24.5 Å². The van der Waals surface area contributed by atoms with Crippen molar-refractivity contribution in [3.05, 3.63) is 53.6 Å². The molecule has 0 amide bonds. The summed E-state index contributed by atoms with van der Waals surface area (Å²) in [6.45, 7) is 7.64. The fourth-order valence-electron chi connectivity index (χ4n) is 3.72. The topological polar surface area (TPSA) is 81.3 Å². The van der Waals surface area contributed by atoms with Gasteiger partial charge in [0.15, 0.2) is 17.5 Å². The highest BCUT2D eigenvalue weighted by atomic mass is 16.5. The van der Waals surface area contributed by atoms with E-state index in [0.29, 0.717) is 31.8 Å². The molecule has 1 saturated heterocycles. The molecule has 2 aromatic rings. The largest absolute Gasteiger partial charge is 0.490 e. The molecule has 1 unspecified atom stereocenters. The molecule has 0 saturated carbocycles. The SMILES string of the molecule is CC1CN(Cc2cccc(CN=C(N)Nc3ccc4c(c3)OCCCO4)c2)CCO1. The van der Waals surface area contributed by atoms with Gasteiger partial charge in [-0.3, -0.25) is 4.90 Å². The van der Waals surface area contributed by atoms with Crippen LogP contribution < -0.4 is 20.5 Å². The zero-order valence-electron chi connectivity index (χ0n) is 17.5. The average Bonchev–Trinajstić information content (AvgIpc) is 2.98. The third-order valence-electron chi connectivity index (χ3n) is 5.17. The highest BCUT2D eigenvalue weighted by Crippen LogP contribution is 2.32. The zero-order chi connectivity index (χ0) is 20.8. The van der Waals surface area contributed by atoms with Crippen molar-refractivity contribution >= 4 is 11.6 Å². The van der Waals surface area contributed by atoms with E-state index in [9.17, 15) is 0 Å². The minimum atomic E-state index is 0.294. The lowest BCUT2D eigenvalue weighted by Gasteiger charge is -2.31. The Balaban J connectivity index is 1.34. The smallest absolute Gasteiger partial charge is 0.193 e. The van der Waals surface area contributed by atoms with Crippen molar-refractivity contribution in [1.29, 1.82) is 0 Å². The molecule has 0 radical (unpaired) electrons. The molecule has 2 aliphatic heterocycles. The van der Waals surface area contributed by atoms with E-state index in [1.165, 1.54) is 5.56 Å². The Labute approximate surface area is 177 Å². The highest BCUT2D eigenvalue weighted by Gasteiger charge is 2.16. The molecular formula is C23H30N4O3. The minimum absolute atomic E-state index is 0.294. The molecule has 2 aliphatic rings. The molecule has 2 heterocycles. The van der Waals surface area contributed by atoms with Gasteiger partial charge in [-0.2, -0.15) is 0 Å². The maximum Gasteiger partial charge on any atom is 0.193 e. The molecular weight excluding hydrogens is 380 g/mol. The fraction of sp³-hybridized carbons (Fsp3) is 0.435. The van der Waals surface area contributed by atoms with Gasteiger partial charge in [0.25, 0.3) is 0 Å². The van der Waals surface area contributed by atoms with Gasteiger partial charge in [0.1, 0.15) is 0 Å². The summed E-state index contributed by atoms with van der Waals surface area (Å²) in [5, 5.41) is 3.14. The van der Waals surface area contributed by atoms with Gasteiger partial charge in [0.2, 0.25) is 0 Å². The summed E-state index contributed by atoms with van der Waals surface area (Å²) in [5.41, 5.74) is 9.36. The second-order valence-electron chi connectivity index (χ2n) is 7.77. The molecule has 2 aromatic carbocycles. The highest BCUT2D eigenvalue weighted by molar-refractivity contribution is 5.92. The van der Waals surface area contributed by atoms with E-state index >= 15 is 0 Å². The van der Waals surface area contributed by atoms with E-state index in [1.54, 1.807) is 0 Å². The molecule has 3 N–H and O–H groups in total. The number of ether oxygens (including phenoxy) is 3. The maximum absolute atomic E-state index is 6.11. The Kier molecular flexibility index (Phi) is 6.71. The Morgan fingerprint density at radius 1 is 1.10 bits per heavy atom. The van der Waals surface area contributed by atoms with E-state index in [-0.39, 0.29) is 0 Å². The second-order valence-corrected chi connectivity index (χ2v) is 7.77. The van der Waals surface area contributed by atoms with Crippen molar-refractivity contribution in [1.82, 2.24) is 4.90 Å². The van der Waals surface area contributed by atoms with Crippen LogP contribution in [0, 0.1) is 0 Å². The summed E-state index contributed by atoms with van der Waals surface area (Å²) in [6.07, 6.45) is 1.17. The van der Waals surface area contributed by atoms with Crippen LogP contribution in [-0.4, -0.2) is 49.9 Å². The van der Waals surface area contributed by atoms with E-state index < -0.39 is 0 Å². The molecule has 0 aliphatic carbocycles. The molecule has 4 rings (SSSR count). The van der Waals surface area contributed by atoms with Crippen LogP contribution in [0.4, 0.5) is 5.69 Å². The summed E-state index contributed by atoms with van der Waals surface area (Å²) in [4.78, 5) is 6.93. The lowest BCUT2D eigenvalue weighted by Crippen LogP contribution is -2.40. The first-order valence-electron chi connectivity index (χ1n) is 10.5. The summed E-state index contributed by atoms with van der Waals surface area (Å²) < 4.78 is 17.0. The number of aliphatic imine (C=N–C) groups is 1. The standard InChI is InChI=1S/C23H30N4O3/c1-17-15-27(8-11-28-17)16-19-5-2-4-18(12-19)14-25-23(24)26-20-6-7-21-22(13-20)30-10-3-9-29-21/h2,4-7,12-13,17H,3,8-11,14-16H2,1H3,(H3,24,25,26). The molecule has 7 heteroatoms. The first-order chi connectivity index (χ1) is 14.7. The van der Waals surface area contributed by atoms with Crippen LogP contribution in [0.25, 0.3) is 0 Å². The number of nitrogens with two attached hydrogens (primary N) is 1. The quantitative estimate of drug-likeness (QED) is 0.583. The van der Waals surface area contributed by atoms with Gasteiger partial charge in [-0.05, 0) is 30.2 Å². The molecule has 0 spiro atoms. The van der Waals surface area contributed by atoms with Crippen molar-refractivity contribution in [2.45, 2.75) is 32.5 Å². The zero-order valence-corrected chi connectivity index (χ0v) is 17.5. The van der Waals surface area contributed by atoms with Crippen LogP contribution in [0.5, 0.6) is 11.5 Å². The van der Waals surface area contributed by atoms with E-state index in [2.05, 4.69) is 46.4 Å². The number of nitrogens with one attached hydrogen (secondary N) is 1. The van der Waals surface area contributed by atoms with Gasteiger partial charge in [0.05, 0.1) is 32.5 Å². The molecule has 0 bridgehead atoms. The van der Waals surface area contributed by atoms with Gasteiger partial charge < -0.3 is 25.3 Å². The first kappa shape index (κ1) is 20.5. The number of anilines is 1. The molecule has 160 valence electrons. The van der Waals surface area contributed by atoms with Gasteiger partial charge in [-0.25, -0.2) is 4.99 Å². The predicted octanol–water partition coefficient (Wildman–Crippen LogP) is 3.00. The fourth-order valence-corrected chi connectivity index (χ4v) is 3.72. The summed E-state index contributed by atoms with van der Waals surface area (Å²) in [5.74, 6) is 1.87. The van der Waals surface area contributed by atoms with E-state index in [4.69, 9.17) is 19.9 Å². The Bertz CT molecular complexity index is 887. The Morgan fingerprint density at radius 2 is 1.93 bits per heavy atom. The minimum Gasteiger partial charge on any atom is -0.490 e. The molecule has 7 nitrogen and oxygen atoms in total.